The van der Waals surface area contributed by atoms with Gasteiger partial charge in [-0.1, -0.05) is 26.0 Å². The topological polar surface area (TPSA) is 96.5 Å². The maximum absolute atomic E-state index is 11.6. The Morgan fingerprint density at radius 3 is 2.21 bits per heavy atom. The van der Waals surface area contributed by atoms with Crippen molar-refractivity contribution < 1.29 is 19.1 Å². The van der Waals surface area contributed by atoms with Gasteiger partial charge in [0.05, 0.1) is 13.7 Å². The van der Waals surface area contributed by atoms with Crippen LogP contribution in [0.3, 0.4) is 0 Å². The Bertz CT molecular complexity index is 555. The molecule has 132 valence electrons. The van der Waals surface area contributed by atoms with Crippen molar-refractivity contribution in [2.45, 2.75) is 20.3 Å². The molecule has 3 amide bonds. The van der Waals surface area contributed by atoms with Gasteiger partial charge in [0.1, 0.15) is 5.75 Å². The number of hydrogen-bond acceptors (Lipinski definition) is 4. The fourth-order valence-corrected chi connectivity index (χ4v) is 1.82. The van der Waals surface area contributed by atoms with Crippen molar-refractivity contribution in [3.8, 4) is 5.75 Å². The van der Waals surface area contributed by atoms with Crippen molar-refractivity contribution in [1.29, 1.82) is 0 Å². The lowest BCUT2D eigenvalue weighted by Gasteiger charge is -2.09. The third kappa shape index (κ3) is 7.62. The van der Waals surface area contributed by atoms with Crippen LogP contribution < -0.4 is 20.7 Å². The van der Waals surface area contributed by atoms with Crippen LogP contribution in [0.15, 0.2) is 24.3 Å². The molecule has 0 atom stereocenters. The minimum atomic E-state index is -0.805. The maximum Gasteiger partial charge on any atom is 0.309 e. The van der Waals surface area contributed by atoms with E-state index in [0.29, 0.717) is 19.5 Å². The summed E-state index contributed by atoms with van der Waals surface area (Å²) < 4.78 is 5.07. The lowest BCUT2D eigenvalue weighted by atomic mass is 10.1. The van der Waals surface area contributed by atoms with Crippen molar-refractivity contribution >= 4 is 17.7 Å². The van der Waals surface area contributed by atoms with E-state index in [1.54, 1.807) is 7.11 Å². The molecule has 3 N–H and O–H groups in total. The lowest BCUT2D eigenvalue weighted by molar-refractivity contribution is -0.139. The van der Waals surface area contributed by atoms with Gasteiger partial charge in [0.25, 0.3) is 0 Å². The number of methoxy groups -OCH3 is 1. The number of rotatable bonds is 8. The highest BCUT2D eigenvalue weighted by atomic mass is 16.5. The maximum atomic E-state index is 11.6. The Kier molecular flexibility index (Phi) is 8.32. The quantitative estimate of drug-likeness (QED) is 0.593. The van der Waals surface area contributed by atoms with Gasteiger partial charge < -0.3 is 20.7 Å². The van der Waals surface area contributed by atoms with Crippen molar-refractivity contribution in [3.05, 3.63) is 29.8 Å². The predicted octanol–water partition coefficient (Wildman–Crippen LogP) is 0.242. The van der Waals surface area contributed by atoms with E-state index in [1.165, 1.54) is 0 Å². The molecule has 0 aliphatic heterocycles. The number of ether oxygens (including phenoxy) is 1. The van der Waals surface area contributed by atoms with E-state index in [0.717, 1.165) is 11.3 Å². The van der Waals surface area contributed by atoms with E-state index in [1.807, 2.05) is 38.1 Å². The van der Waals surface area contributed by atoms with Crippen LogP contribution in [-0.4, -0.2) is 44.5 Å². The Morgan fingerprint density at radius 2 is 1.62 bits per heavy atom. The average molecular weight is 335 g/mol. The molecule has 24 heavy (non-hydrogen) atoms. The van der Waals surface area contributed by atoms with E-state index in [4.69, 9.17) is 4.74 Å². The summed E-state index contributed by atoms with van der Waals surface area (Å²) in [5.74, 6) is -0.839. The Morgan fingerprint density at radius 1 is 1.00 bits per heavy atom. The highest BCUT2D eigenvalue weighted by Gasteiger charge is 2.14. The summed E-state index contributed by atoms with van der Waals surface area (Å²) >= 11 is 0. The Hall–Kier alpha value is -2.57. The summed E-state index contributed by atoms with van der Waals surface area (Å²) in [4.78, 5) is 34.6. The molecule has 0 heterocycles. The van der Waals surface area contributed by atoms with Crippen molar-refractivity contribution in [3.63, 3.8) is 0 Å². The van der Waals surface area contributed by atoms with Crippen molar-refractivity contribution in [1.82, 2.24) is 16.0 Å². The Balaban J connectivity index is 2.21. The van der Waals surface area contributed by atoms with Gasteiger partial charge in [-0.05, 0) is 30.0 Å². The molecule has 7 heteroatoms. The molecule has 0 aliphatic rings. The summed E-state index contributed by atoms with van der Waals surface area (Å²) in [7, 11) is 1.60. The molecule has 1 rings (SSSR count). The second kappa shape index (κ2) is 10.3. The van der Waals surface area contributed by atoms with Gasteiger partial charge in [0.2, 0.25) is 5.91 Å². The molecule has 0 saturated carbocycles. The first kappa shape index (κ1) is 19.5. The Labute approximate surface area is 142 Å². The van der Waals surface area contributed by atoms with Crippen LogP contribution in [0.25, 0.3) is 0 Å². The van der Waals surface area contributed by atoms with Gasteiger partial charge in [-0.2, -0.15) is 0 Å². The van der Waals surface area contributed by atoms with Gasteiger partial charge in [0, 0.05) is 13.1 Å². The zero-order valence-electron chi connectivity index (χ0n) is 14.3. The molecule has 1 aromatic carbocycles. The molecule has 0 saturated heterocycles. The van der Waals surface area contributed by atoms with Gasteiger partial charge >= 0.3 is 11.8 Å². The number of amides is 3. The standard InChI is InChI=1S/C17H25N3O4/c1-12(2)10-19-16(22)17(23)20-11-15(21)18-9-8-13-4-6-14(24-3)7-5-13/h4-7,12H,8-11H2,1-3H3,(H,18,21)(H,19,22)(H,20,23). The number of carbonyl (C=O) groups is 3. The highest BCUT2D eigenvalue weighted by Crippen LogP contribution is 2.11. The molecular formula is C17H25N3O4. The van der Waals surface area contributed by atoms with Crippen LogP contribution in [0.5, 0.6) is 5.75 Å². The molecule has 0 aromatic heterocycles. The van der Waals surface area contributed by atoms with Crippen molar-refractivity contribution in [2.75, 3.05) is 26.7 Å². The normalized spacial score (nSPS) is 10.2. The molecule has 0 unspecified atom stereocenters. The number of benzene rings is 1. The summed E-state index contributed by atoms with van der Waals surface area (Å²) in [5.41, 5.74) is 1.06. The molecule has 0 bridgehead atoms. The smallest absolute Gasteiger partial charge is 0.309 e. The molecule has 7 nitrogen and oxygen atoms in total. The van der Waals surface area contributed by atoms with Gasteiger partial charge in [-0.25, -0.2) is 0 Å². The fraction of sp³-hybridized carbons (Fsp3) is 0.471. The van der Waals surface area contributed by atoms with E-state index in [9.17, 15) is 14.4 Å². The summed E-state index contributed by atoms with van der Waals surface area (Å²) in [5, 5.41) is 7.46. The van der Waals surface area contributed by atoms with Gasteiger partial charge in [-0.3, -0.25) is 14.4 Å². The minimum absolute atomic E-state index is 0.226. The first-order valence-electron chi connectivity index (χ1n) is 7.88. The SMILES string of the molecule is COc1ccc(CCNC(=O)CNC(=O)C(=O)NCC(C)C)cc1. The second-order valence-electron chi connectivity index (χ2n) is 5.73. The predicted molar refractivity (Wildman–Crippen MR) is 90.6 cm³/mol. The molecule has 0 aliphatic carbocycles. The van der Waals surface area contributed by atoms with Crippen LogP contribution in [0.4, 0.5) is 0 Å². The van der Waals surface area contributed by atoms with E-state index >= 15 is 0 Å². The van der Waals surface area contributed by atoms with Gasteiger partial charge in [-0.15, -0.1) is 0 Å². The van der Waals surface area contributed by atoms with Crippen molar-refractivity contribution in [2.24, 2.45) is 5.92 Å². The molecule has 0 fully saturated rings. The summed E-state index contributed by atoms with van der Waals surface area (Å²) in [6, 6.07) is 7.55. The summed E-state index contributed by atoms with van der Waals surface area (Å²) in [6.07, 6.45) is 0.665. The molecular weight excluding hydrogens is 310 g/mol. The van der Waals surface area contributed by atoms with Crippen LogP contribution in [-0.2, 0) is 20.8 Å². The largest absolute Gasteiger partial charge is 0.497 e. The monoisotopic (exact) mass is 335 g/mol. The zero-order chi connectivity index (χ0) is 17.9. The minimum Gasteiger partial charge on any atom is -0.497 e. The van der Waals surface area contributed by atoms with Crippen LogP contribution >= 0.6 is 0 Å². The number of nitrogens with one attached hydrogen (secondary N) is 3. The molecule has 0 spiro atoms. The van der Waals surface area contributed by atoms with Crippen LogP contribution in [0.2, 0.25) is 0 Å². The first-order chi connectivity index (χ1) is 11.4. The zero-order valence-corrected chi connectivity index (χ0v) is 14.3. The first-order valence-corrected chi connectivity index (χ1v) is 7.88. The number of carbonyl (C=O) groups excluding carboxylic acids is 3. The highest BCUT2D eigenvalue weighted by molar-refractivity contribution is 6.35. The third-order valence-corrected chi connectivity index (χ3v) is 3.18. The number of hydrogen-bond donors (Lipinski definition) is 3. The van der Waals surface area contributed by atoms with E-state index in [2.05, 4.69) is 16.0 Å². The molecule has 0 radical (unpaired) electrons. The molecule has 1 aromatic rings. The third-order valence-electron chi connectivity index (χ3n) is 3.18. The second-order valence-corrected chi connectivity index (χ2v) is 5.73. The van der Waals surface area contributed by atoms with E-state index < -0.39 is 11.8 Å². The van der Waals surface area contributed by atoms with Gasteiger partial charge in [0.15, 0.2) is 0 Å². The fourth-order valence-electron chi connectivity index (χ4n) is 1.82. The van der Waals surface area contributed by atoms with E-state index in [-0.39, 0.29) is 18.4 Å². The van der Waals surface area contributed by atoms with Crippen LogP contribution in [0, 0.1) is 5.92 Å². The summed E-state index contributed by atoms with van der Waals surface area (Å²) in [6.45, 7) is 4.49. The average Bonchev–Trinajstić information content (AvgIpc) is 2.58. The van der Waals surface area contributed by atoms with Crippen LogP contribution in [0.1, 0.15) is 19.4 Å². The lowest BCUT2D eigenvalue weighted by Crippen LogP contribution is -2.45.